The Morgan fingerprint density at radius 1 is 0.448 bits per heavy atom. The highest BCUT2D eigenvalue weighted by molar-refractivity contribution is 7.88. The van der Waals surface area contributed by atoms with E-state index in [1.54, 1.807) is 0 Å². The van der Waals surface area contributed by atoms with Crippen molar-refractivity contribution in [3.8, 4) is 0 Å². The predicted molar refractivity (Wildman–Crippen MR) is 129 cm³/mol. The molecule has 0 spiro atoms. The summed E-state index contributed by atoms with van der Waals surface area (Å²) in [6, 6.07) is 40.2. The normalized spacial score (nSPS) is 11.4. The Kier molecular flexibility index (Phi) is 5.93. The minimum Gasteiger partial charge on any atom is -0.0620 e. The molecule has 4 aromatic carbocycles. The minimum absolute atomic E-state index is 1.09. The molecule has 1 heteroatoms. The standard InChI is InChI=1S/C28H28P/c1-23-13-9-11-15-25(23)21-29(27-17-5-3-6-18-27,28-19-7-4-8-20-28)22-26-16-12-10-14-24(26)2/h3-20H,21-22H2,1-2H3/q+1. The van der Waals surface area contributed by atoms with Crippen LogP contribution in [-0.2, 0) is 12.3 Å². The molecule has 0 atom stereocenters. The third kappa shape index (κ3) is 4.19. The molecule has 0 aliphatic rings. The zero-order chi connectivity index (χ0) is 20.1. The summed E-state index contributed by atoms with van der Waals surface area (Å²) in [6.07, 6.45) is 2.17. The average molecular weight is 396 g/mol. The second-order valence-corrected chi connectivity index (χ2v) is 11.4. The van der Waals surface area contributed by atoms with Gasteiger partial charge < -0.3 is 0 Å². The molecule has 0 aromatic heterocycles. The summed E-state index contributed by atoms with van der Waals surface area (Å²) in [5.74, 6) is 0. The molecule has 4 aromatic rings. The van der Waals surface area contributed by atoms with E-state index >= 15 is 0 Å². The Morgan fingerprint density at radius 2 is 0.793 bits per heavy atom. The van der Waals surface area contributed by atoms with Gasteiger partial charge in [0.05, 0.1) is 30.2 Å². The second kappa shape index (κ2) is 8.76. The number of aryl methyl sites for hydroxylation is 2. The van der Waals surface area contributed by atoms with E-state index in [-0.39, 0.29) is 0 Å². The van der Waals surface area contributed by atoms with Crippen LogP contribution in [0.4, 0.5) is 0 Å². The van der Waals surface area contributed by atoms with E-state index in [4.69, 9.17) is 0 Å². The van der Waals surface area contributed by atoms with Crippen molar-refractivity contribution in [2.45, 2.75) is 26.2 Å². The quantitative estimate of drug-likeness (QED) is 0.320. The van der Waals surface area contributed by atoms with Gasteiger partial charge in [-0.1, -0.05) is 84.9 Å². The van der Waals surface area contributed by atoms with Crippen molar-refractivity contribution in [1.29, 1.82) is 0 Å². The van der Waals surface area contributed by atoms with E-state index in [2.05, 4.69) is 123 Å². The highest BCUT2D eigenvalue weighted by atomic mass is 31.2. The van der Waals surface area contributed by atoms with Crippen LogP contribution >= 0.6 is 7.26 Å². The largest absolute Gasteiger partial charge is 0.0999 e. The topological polar surface area (TPSA) is 0 Å². The van der Waals surface area contributed by atoms with Gasteiger partial charge in [0.2, 0.25) is 0 Å². The van der Waals surface area contributed by atoms with E-state index in [0.717, 1.165) is 12.3 Å². The van der Waals surface area contributed by atoms with Gasteiger partial charge >= 0.3 is 0 Å². The molecule has 0 bridgehead atoms. The van der Waals surface area contributed by atoms with Gasteiger partial charge in [-0.25, -0.2) is 0 Å². The Hall–Kier alpha value is -2.69. The third-order valence-electron chi connectivity index (χ3n) is 5.90. The SMILES string of the molecule is Cc1ccccc1C[P+](Cc1ccccc1C)(c1ccccc1)c1ccccc1. The van der Waals surface area contributed by atoms with Gasteiger partial charge in [-0.3, -0.25) is 0 Å². The Balaban J connectivity index is 1.94. The molecule has 0 saturated heterocycles. The lowest BCUT2D eigenvalue weighted by molar-refractivity contribution is 1.24. The van der Waals surface area contributed by atoms with E-state index in [9.17, 15) is 0 Å². The zero-order valence-electron chi connectivity index (χ0n) is 17.3. The van der Waals surface area contributed by atoms with Crippen LogP contribution in [0.15, 0.2) is 109 Å². The van der Waals surface area contributed by atoms with E-state index in [1.807, 2.05) is 0 Å². The first-order chi connectivity index (χ1) is 14.2. The van der Waals surface area contributed by atoms with Gasteiger partial charge in [-0.2, -0.15) is 0 Å². The van der Waals surface area contributed by atoms with Crippen molar-refractivity contribution in [3.63, 3.8) is 0 Å². The fourth-order valence-corrected chi connectivity index (χ4v) is 8.65. The lowest BCUT2D eigenvalue weighted by atomic mass is 10.1. The summed E-state index contributed by atoms with van der Waals surface area (Å²) >= 11 is 0. The van der Waals surface area contributed by atoms with Crippen molar-refractivity contribution < 1.29 is 0 Å². The molecule has 0 aliphatic heterocycles. The van der Waals surface area contributed by atoms with Gasteiger partial charge in [0.15, 0.2) is 0 Å². The number of benzene rings is 4. The summed E-state index contributed by atoms with van der Waals surface area (Å²) in [5, 5.41) is 2.97. The van der Waals surface area contributed by atoms with E-state index in [1.165, 1.54) is 32.9 Å². The van der Waals surface area contributed by atoms with Gasteiger partial charge in [0.1, 0.15) is 0 Å². The first kappa shape index (κ1) is 19.6. The molecular weight excluding hydrogens is 367 g/mol. The van der Waals surface area contributed by atoms with E-state index < -0.39 is 7.26 Å². The first-order valence-electron chi connectivity index (χ1n) is 10.3. The van der Waals surface area contributed by atoms with Gasteiger partial charge in [0.25, 0.3) is 0 Å². The summed E-state index contributed by atoms with van der Waals surface area (Å²) in [7, 11) is -1.70. The van der Waals surface area contributed by atoms with Crippen LogP contribution in [0.1, 0.15) is 22.3 Å². The average Bonchev–Trinajstić information content (AvgIpc) is 2.77. The maximum atomic E-state index is 2.34. The van der Waals surface area contributed by atoms with Crippen LogP contribution in [0, 0.1) is 13.8 Å². The smallest absolute Gasteiger partial charge is 0.0620 e. The van der Waals surface area contributed by atoms with Crippen LogP contribution in [0.2, 0.25) is 0 Å². The maximum Gasteiger partial charge on any atom is 0.0999 e. The number of hydrogen-bond donors (Lipinski definition) is 0. The van der Waals surface area contributed by atoms with Crippen LogP contribution < -0.4 is 10.6 Å². The Morgan fingerprint density at radius 3 is 1.17 bits per heavy atom. The molecule has 4 rings (SSSR count). The molecular formula is C28H28P+. The molecule has 0 amide bonds. The molecule has 0 unspecified atom stereocenters. The van der Waals surface area contributed by atoms with Crippen molar-refractivity contribution in [3.05, 3.63) is 131 Å². The Labute approximate surface area is 175 Å². The lowest BCUT2D eigenvalue weighted by Gasteiger charge is -2.29. The highest BCUT2D eigenvalue weighted by Gasteiger charge is 2.43. The van der Waals surface area contributed by atoms with Crippen LogP contribution in [0.3, 0.4) is 0 Å². The number of rotatable bonds is 6. The van der Waals surface area contributed by atoms with Crippen LogP contribution in [0.25, 0.3) is 0 Å². The van der Waals surface area contributed by atoms with Crippen molar-refractivity contribution in [2.75, 3.05) is 0 Å². The first-order valence-corrected chi connectivity index (χ1v) is 12.4. The molecule has 0 heterocycles. The number of hydrogen-bond acceptors (Lipinski definition) is 0. The molecule has 0 saturated carbocycles. The van der Waals surface area contributed by atoms with Crippen molar-refractivity contribution >= 4 is 17.9 Å². The lowest BCUT2D eigenvalue weighted by Crippen LogP contribution is -2.26. The molecule has 0 aliphatic carbocycles. The van der Waals surface area contributed by atoms with Crippen LogP contribution in [-0.4, -0.2) is 0 Å². The fraction of sp³-hybridized carbons (Fsp3) is 0.143. The van der Waals surface area contributed by atoms with Crippen LogP contribution in [0.5, 0.6) is 0 Å². The summed E-state index contributed by atoms with van der Waals surface area (Å²) in [4.78, 5) is 0. The van der Waals surface area contributed by atoms with Crippen molar-refractivity contribution in [2.24, 2.45) is 0 Å². The zero-order valence-corrected chi connectivity index (χ0v) is 18.1. The van der Waals surface area contributed by atoms with Crippen molar-refractivity contribution in [1.82, 2.24) is 0 Å². The monoisotopic (exact) mass is 395 g/mol. The van der Waals surface area contributed by atoms with Gasteiger partial charge in [0, 0.05) is 0 Å². The molecule has 0 nitrogen and oxygen atoms in total. The summed E-state index contributed by atoms with van der Waals surface area (Å²) < 4.78 is 0. The second-order valence-electron chi connectivity index (χ2n) is 7.81. The van der Waals surface area contributed by atoms with Gasteiger partial charge in [-0.15, -0.1) is 0 Å². The highest BCUT2D eigenvalue weighted by Crippen LogP contribution is 2.62. The molecule has 0 fully saturated rings. The fourth-order valence-electron chi connectivity index (χ4n) is 4.15. The van der Waals surface area contributed by atoms with Gasteiger partial charge in [-0.05, 0) is 60.4 Å². The molecule has 29 heavy (non-hydrogen) atoms. The minimum atomic E-state index is -1.70. The summed E-state index contributed by atoms with van der Waals surface area (Å²) in [6.45, 7) is 4.49. The molecule has 0 N–H and O–H groups in total. The summed E-state index contributed by atoms with van der Waals surface area (Å²) in [5.41, 5.74) is 5.69. The molecule has 144 valence electrons. The third-order valence-corrected chi connectivity index (χ3v) is 10.2. The molecule has 0 radical (unpaired) electrons. The van der Waals surface area contributed by atoms with E-state index in [0.29, 0.717) is 0 Å². The maximum absolute atomic E-state index is 2.34. The Bertz CT molecular complexity index is 978. The predicted octanol–water partition coefficient (Wildman–Crippen LogP) is 6.67.